The summed E-state index contributed by atoms with van der Waals surface area (Å²) in [5.74, 6) is 0.712. The van der Waals surface area contributed by atoms with Crippen molar-refractivity contribution in [1.29, 1.82) is 0 Å². The van der Waals surface area contributed by atoms with E-state index in [1.807, 2.05) is 0 Å². The second-order valence-corrected chi connectivity index (χ2v) is 6.33. The Labute approximate surface area is 125 Å². The van der Waals surface area contributed by atoms with Gasteiger partial charge in [-0.05, 0) is 60.9 Å². The monoisotopic (exact) mass is 283 g/mol. The molecule has 2 aromatic rings. The zero-order chi connectivity index (χ0) is 13.9. The number of benzene rings is 2. The van der Waals surface area contributed by atoms with Gasteiger partial charge in [-0.3, -0.25) is 0 Å². The van der Waals surface area contributed by atoms with Gasteiger partial charge in [0.2, 0.25) is 0 Å². The Kier molecular flexibility index (Phi) is 4.13. The topological polar surface area (TPSA) is 12.0 Å². The Morgan fingerprint density at radius 2 is 1.90 bits per heavy atom. The number of fused-ring (bicyclic) bond motifs is 1. The van der Waals surface area contributed by atoms with Crippen LogP contribution in [0.25, 0.3) is 0 Å². The fraction of sp³-hybridized carbons (Fsp3) is 0.333. The minimum atomic E-state index is 0.448. The van der Waals surface area contributed by atoms with E-state index in [9.17, 15) is 0 Å². The Bertz CT molecular complexity index is 576. The molecule has 2 heteroatoms. The molecule has 0 aliphatic heterocycles. The molecule has 2 unspecified atom stereocenters. The number of nitrogens with one attached hydrogen (secondary N) is 1. The number of rotatable bonds is 5. The van der Waals surface area contributed by atoms with E-state index in [2.05, 4.69) is 67.2 Å². The first-order valence-corrected chi connectivity index (χ1v) is 8.43. The summed E-state index contributed by atoms with van der Waals surface area (Å²) in [5, 5.41) is 3.48. The molecular weight excluding hydrogens is 262 g/mol. The lowest BCUT2D eigenvalue weighted by atomic mass is 9.74. The van der Waals surface area contributed by atoms with Crippen LogP contribution in [0.15, 0.2) is 53.4 Å². The number of hydrogen-bond acceptors (Lipinski definition) is 2. The van der Waals surface area contributed by atoms with E-state index in [0.29, 0.717) is 12.0 Å². The van der Waals surface area contributed by atoms with Gasteiger partial charge in [0.1, 0.15) is 0 Å². The number of thioether (sulfide) groups is 1. The molecule has 104 valence electrons. The molecule has 0 fully saturated rings. The maximum absolute atomic E-state index is 3.48. The predicted octanol–water partition coefficient (Wildman–Crippen LogP) is 4.40. The van der Waals surface area contributed by atoms with Gasteiger partial charge in [-0.2, -0.15) is 0 Å². The molecule has 0 saturated carbocycles. The largest absolute Gasteiger partial charge is 0.313 e. The van der Waals surface area contributed by atoms with Crippen molar-refractivity contribution in [3.8, 4) is 0 Å². The van der Waals surface area contributed by atoms with E-state index in [-0.39, 0.29) is 0 Å². The van der Waals surface area contributed by atoms with Gasteiger partial charge in [-0.1, -0.05) is 36.4 Å². The second kappa shape index (κ2) is 6.02. The summed E-state index contributed by atoms with van der Waals surface area (Å²) in [6, 6.07) is 18.3. The normalized spacial score (nSPS) is 18.2. The summed E-state index contributed by atoms with van der Waals surface area (Å²) in [7, 11) is 2.07. The van der Waals surface area contributed by atoms with Crippen LogP contribution in [0, 0.1) is 0 Å². The molecule has 0 aromatic heterocycles. The molecule has 0 amide bonds. The first-order chi connectivity index (χ1) is 9.81. The van der Waals surface area contributed by atoms with Crippen molar-refractivity contribution in [3.05, 3.63) is 65.2 Å². The fourth-order valence-electron chi connectivity index (χ4n) is 3.11. The average molecular weight is 283 g/mol. The Morgan fingerprint density at radius 1 is 1.15 bits per heavy atom. The van der Waals surface area contributed by atoms with Crippen molar-refractivity contribution >= 4 is 11.8 Å². The maximum Gasteiger partial charge on any atom is 0.0323 e. The van der Waals surface area contributed by atoms with E-state index in [1.165, 1.54) is 28.9 Å². The van der Waals surface area contributed by atoms with Gasteiger partial charge >= 0.3 is 0 Å². The van der Waals surface area contributed by atoms with Crippen molar-refractivity contribution in [2.75, 3.05) is 13.3 Å². The standard InChI is InChI=1S/C18H21NS/c1-19-18(13-7-9-16(20-2)10-8-13)12-15-11-14-5-3-4-6-17(14)15/h3-10,15,18-19H,11-12H2,1-2H3. The molecule has 0 spiro atoms. The Morgan fingerprint density at radius 3 is 2.55 bits per heavy atom. The maximum atomic E-state index is 3.48. The summed E-state index contributed by atoms with van der Waals surface area (Å²) < 4.78 is 0. The lowest BCUT2D eigenvalue weighted by Crippen LogP contribution is -2.24. The zero-order valence-electron chi connectivity index (χ0n) is 12.1. The third-order valence-corrected chi connectivity index (χ3v) is 5.09. The molecule has 1 nitrogen and oxygen atoms in total. The third kappa shape index (κ3) is 2.63. The van der Waals surface area contributed by atoms with Crippen molar-refractivity contribution < 1.29 is 0 Å². The molecule has 2 aromatic carbocycles. The fourth-order valence-corrected chi connectivity index (χ4v) is 3.52. The molecule has 3 rings (SSSR count). The van der Waals surface area contributed by atoms with Gasteiger partial charge in [0.05, 0.1) is 0 Å². The van der Waals surface area contributed by atoms with Crippen LogP contribution in [-0.4, -0.2) is 13.3 Å². The Hall–Kier alpha value is -1.25. The predicted molar refractivity (Wildman–Crippen MR) is 87.5 cm³/mol. The first-order valence-electron chi connectivity index (χ1n) is 7.21. The Balaban J connectivity index is 1.72. The van der Waals surface area contributed by atoms with Crippen molar-refractivity contribution in [3.63, 3.8) is 0 Å². The molecule has 0 bridgehead atoms. The van der Waals surface area contributed by atoms with E-state index >= 15 is 0 Å². The molecule has 0 saturated heterocycles. The van der Waals surface area contributed by atoms with E-state index in [0.717, 1.165) is 0 Å². The van der Waals surface area contributed by atoms with Gasteiger partial charge in [-0.25, -0.2) is 0 Å². The van der Waals surface area contributed by atoms with Gasteiger partial charge < -0.3 is 5.32 Å². The smallest absolute Gasteiger partial charge is 0.0323 e. The van der Waals surface area contributed by atoms with Crippen LogP contribution in [0.4, 0.5) is 0 Å². The SMILES string of the molecule is CNC(CC1Cc2ccccc21)c1ccc(SC)cc1. The van der Waals surface area contributed by atoms with E-state index < -0.39 is 0 Å². The van der Waals surface area contributed by atoms with Crippen LogP contribution in [0.2, 0.25) is 0 Å². The molecule has 0 radical (unpaired) electrons. The lowest BCUT2D eigenvalue weighted by Gasteiger charge is -2.33. The van der Waals surface area contributed by atoms with Gasteiger partial charge in [0.25, 0.3) is 0 Å². The highest BCUT2D eigenvalue weighted by Crippen LogP contribution is 2.40. The lowest BCUT2D eigenvalue weighted by molar-refractivity contribution is 0.452. The first kappa shape index (κ1) is 13.7. The summed E-state index contributed by atoms with van der Waals surface area (Å²) >= 11 is 1.80. The highest BCUT2D eigenvalue weighted by molar-refractivity contribution is 7.98. The minimum Gasteiger partial charge on any atom is -0.313 e. The molecular formula is C18H21NS. The third-order valence-electron chi connectivity index (χ3n) is 4.35. The van der Waals surface area contributed by atoms with Crippen molar-refractivity contribution in [1.82, 2.24) is 5.32 Å². The van der Waals surface area contributed by atoms with E-state index in [4.69, 9.17) is 0 Å². The molecule has 1 N–H and O–H groups in total. The zero-order valence-corrected chi connectivity index (χ0v) is 12.9. The van der Waals surface area contributed by atoms with Crippen molar-refractivity contribution in [2.24, 2.45) is 0 Å². The summed E-state index contributed by atoms with van der Waals surface area (Å²) in [4.78, 5) is 1.33. The van der Waals surface area contributed by atoms with Crippen LogP contribution in [0.3, 0.4) is 0 Å². The molecule has 20 heavy (non-hydrogen) atoms. The summed E-state index contributed by atoms with van der Waals surface area (Å²) in [5.41, 5.74) is 4.48. The highest BCUT2D eigenvalue weighted by atomic mass is 32.2. The van der Waals surface area contributed by atoms with Crippen LogP contribution in [-0.2, 0) is 6.42 Å². The quantitative estimate of drug-likeness (QED) is 0.816. The van der Waals surface area contributed by atoms with Gasteiger partial charge in [0.15, 0.2) is 0 Å². The van der Waals surface area contributed by atoms with Crippen LogP contribution in [0.1, 0.15) is 35.1 Å². The average Bonchev–Trinajstić information content (AvgIpc) is 2.49. The van der Waals surface area contributed by atoms with Crippen LogP contribution in [0.5, 0.6) is 0 Å². The van der Waals surface area contributed by atoms with Crippen LogP contribution >= 0.6 is 11.8 Å². The van der Waals surface area contributed by atoms with Gasteiger partial charge in [0, 0.05) is 10.9 Å². The molecule has 1 aliphatic rings. The molecule has 1 aliphatic carbocycles. The minimum absolute atomic E-state index is 0.448. The van der Waals surface area contributed by atoms with Crippen LogP contribution < -0.4 is 5.32 Å². The molecule has 0 heterocycles. The van der Waals surface area contributed by atoms with E-state index in [1.54, 1.807) is 17.3 Å². The number of hydrogen-bond donors (Lipinski definition) is 1. The summed E-state index contributed by atoms with van der Waals surface area (Å²) in [6.07, 6.45) is 4.54. The van der Waals surface area contributed by atoms with Gasteiger partial charge in [-0.15, -0.1) is 11.8 Å². The summed E-state index contributed by atoms with van der Waals surface area (Å²) in [6.45, 7) is 0. The highest BCUT2D eigenvalue weighted by Gasteiger charge is 2.27. The molecule has 2 atom stereocenters. The van der Waals surface area contributed by atoms with Crippen molar-refractivity contribution in [2.45, 2.75) is 29.7 Å². The second-order valence-electron chi connectivity index (χ2n) is 5.45.